The molecule has 1 aromatic carbocycles. The Morgan fingerprint density at radius 2 is 2.15 bits per heavy atom. The molecule has 5 nitrogen and oxygen atoms in total. The highest BCUT2D eigenvalue weighted by Gasteiger charge is 2.22. The van der Waals surface area contributed by atoms with E-state index in [1.807, 2.05) is 25.1 Å². The molecule has 0 saturated carbocycles. The van der Waals surface area contributed by atoms with Crippen molar-refractivity contribution in [3.63, 3.8) is 0 Å². The third-order valence-corrected chi connectivity index (χ3v) is 5.01. The molecule has 1 unspecified atom stereocenters. The summed E-state index contributed by atoms with van der Waals surface area (Å²) >= 11 is 0. The van der Waals surface area contributed by atoms with Crippen LogP contribution in [0.1, 0.15) is 56.4 Å². The maximum Gasteiger partial charge on any atom is 0.229 e. The highest BCUT2D eigenvalue weighted by molar-refractivity contribution is 5.59. The van der Waals surface area contributed by atoms with E-state index in [9.17, 15) is 5.26 Å². The molecule has 0 bridgehead atoms. The van der Waals surface area contributed by atoms with Crippen molar-refractivity contribution in [1.82, 2.24) is 9.97 Å². The molecule has 2 aromatic rings. The van der Waals surface area contributed by atoms with Gasteiger partial charge in [-0.2, -0.15) is 10.2 Å². The summed E-state index contributed by atoms with van der Waals surface area (Å²) in [7, 11) is 0. The number of aromatic nitrogens is 2. The standard InChI is InChI=1S/C21H27N5/c1-4-5-8-18-13-20(26-11-6-7-16(26)3)25-21(23-18)24-19-10-9-15(2)17(12-19)14-22/h9-10,12-13,16H,4-8,11H2,1-3H3,(H,23,24,25). The normalized spacial score (nSPS) is 16.5. The Hall–Kier alpha value is -2.61. The lowest BCUT2D eigenvalue weighted by atomic mass is 10.1. The monoisotopic (exact) mass is 349 g/mol. The number of anilines is 3. The van der Waals surface area contributed by atoms with E-state index in [1.165, 1.54) is 12.8 Å². The lowest BCUT2D eigenvalue weighted by Gasteiger charge is -2.23. The Labute approximate surface area is 156 Å². The van der Waals surface area contributed by atoms with Gasteiger partial charge in [-0.1, -0.05) is 19.4 Å². The largest absolute Gasteiger partial charge is 0.354 e. The Kier molecular flexibility index (Phi) is 5.72. The first-order chi connectivity index (χ1) is 12.6. The molecule has 1 aromatic heterocycles. The Balaban J connectivity index is 1.91. The van der Waals surface area contributed by atoms with Crippen molar-refractivity contribution in [3.8, 4) is 6.07 Å². The van der Waals surface area contributed by atoms with Gasteiger partial charge in [0.2, 0.25) is 5.95 Å². The van der Waals surface area contributed by atoms with E-state index < -0.39 is 0 Å². The molecule has 1 atom stereocenters. The van der Waals surface area contributed by atoms with Gasteiger partial charge in [-0.25, -0.2) is 4.98 Å². The molecule has 3 rings (SSSR count). The molecule has 0 radical (unpaired) electrons. The van der Waals surface area contributed by atoms with Crippen LogP contribution in [0.3, 0.4) is 0 Å². The maximum absolute atomic E-state index is 9.25. The van der Waals surface area contributed by atoms with E-state index >= 15 is 0 Å². The van der Waals surface area contributed by atoms with Crippen LogP contribution in [-0.2, 0) is 6.42 Å². The number of hydrogen-bond donors (Lipinski definition) is 1. The summed E-state index contributed by atoms with van der Waals surface area (Å²) in [6.45, 7) is 7.44. The molecule has 0 amide bonds. The molecule has 0 spiro atoms. The number of nitrogens with zero attached hydrogens (tertiary/aromatic N) is 4. The third-order valence-electron chi connectivity index (χ3n) is 5.01. The molecule has 26 heavy (non-hydrogen) atoms. The van der Waals surface area contributed by atoms with Gasteiger partial charge in [0.15, 0.2) is 0 Å². The van der Waals surface area contributed by atoms with Crippen molar-refractivity contribution in [2.75, 3.05) is 16.8 Å². The highest BCUT2D eigenvalue weighted by atomic mass is 15.3. The van der Waals surface area contributed by atoms with Gasteiger partial charge in [0, 0.05) is 30.0 Å². The number of nitriles is 1. The molecule has 5 heteroatoms. The number of aryl methyl sites for hydroxylation is 2. The fraction of sp³-hybridized carbons (Fsp3) is 0.476. The van der Waals surface area contributed by atoms with Crippen LogP contribution >= 0.6 is 0 Å². The quantitative estimate of drug-likeness (QED) is 0.816. The molecule has 1 saturated heterocycles. The van der Waals surface area contributed by atoms with Crippen molar-refractivity contribution >= 4 is 17.5 Å². The fourth-order valence-electron chi connectivity index (χ4n) is 3.40. The van der Waals surface area contributed by atoms with Crippen molar-refractivity contribution in [3.05, 3.63) is 41.1 Å². The Morgan fingerprint density at radius 3 is 2.85 bits per heavy atom. The van der Waals surface area contributed by atoms with Crippen LogP contribution in [0.2, 0.25) is 0 Å². The van der Waals surface area contributed by atoms with E-state index in [0.29, 0.717) is 17.6 Å². The van der Waals surface area contributed by atoms with Crippen molar-refractivity contribution in [1.29, 1.82) is 5.26 Å². The molecule has 2 heterocycles. The summed E-state index contributed by atoms with van der Waals surface area (Å²) in [5.41, 5.74) is 3.57. The summed E-state index contributed by atoms with van der Waals surface area (Å²) < 4.78 is 0. The minimum atomic E-state index is 0.515. The van der Waals surface area contributed by atoms with Gasteiger partial charge in [-0.05, 0) is 57.2 Å². The number of hydrogen-bond acceptors (Lipinski definition) is 5. The second kappa shape index (κ2) is 8.18. The summed E-state index contributed by atoms with van der Waals surface area (Å²) in [6, 6.07) is 10.7. The minimum Gasteiger partial charge on any atom is -0.354 e. The van der Waals surface area contributed by atoms with Gasteiger partial charge in [0.25, 0.3) is 0 Å². The summed E-state index contributed by atoms with van der Waals surface area (Å²) in [5, 5.41) is 12.6. The fourth-order valence-corrected chi connectivity index (χ4v) is 3.40. The van der Waals surface area contributed by atoms with Gasteiger partial charge in [0.05, 0.1) is 11.6 Å². The predicted molar refractivity (Wildman–Crippen MR) is 106 cm³/mol. The van der Waals surface area contributed by atoms with E-state index in [-0.39, 0.29) is 0 Å². The molecule has 0 aliphatic carbocycles. The third kappa shape index (κ3) is 4.13. The summed E-state index contributed by atoms with van der Waals surface area (Å²) in [6.07, 6.45) is 5.64. The molecular weight excluding hydrogens is 322 g/mol. The average molecular weight is 349 g/mol. The van der Waals surface area contributed by atoms with Crippen molar-refractivity contribution in [2.45, 2.75) is 58.9 Å². The molecular formula is C21H27N5. The summed E-state index contributed by atoms with van der Waals surface area (Å²) in [4.78, 5) is 11.8. The van der Waals surface area contributed by atoms with E-state index in [1.54, 1.807) is 0 Å². The van der Waals surface area contributed by atoms with Gasteiger partial charge >= 0.3 is 0 Å². The van der Waals surface area contributed by atoms with Gasteiger partial charge in [-0.15, -0.1) is 0 Å². The van der Waals surface area contributed by atoms with Crippen LogP contribution in [0.15, 0.2) is 24.3 Å². The smallest absolute Gasteiger partial charge is 0.229 e. The second-order valence-corrected chi connectivity index (χ2v) is 7.10. The van der Waals surface area contributed by atoms with Crippen molar-refractivity contribution in [2.24, 2.45) is 0 Å². The number of rotatable bonds is 6. The topological polar surface area (TPSA) is 64.8 Å². The molecule has 1 N–H and O–H groups in total. The Morgan fingerprint density at radius 1 is 1.31 bits per heavy atom. The average Bonchev–Trinajstić information content (AvgIpc) is 3.07. The first-order valence-electron chi connectivity index (χ1n) is 9.53. The van der Waals surface area contributed by atoms with Crippen molar-refractivity contribution < 1.29 is 0 Å². The molecule has 1 aliphatic heterocycles. The molecule has 1 aliphatic rings. The van der Waals surface area contributed by atoms with Crippen LogP contribution in [0, 0.1) is 18.3 Å². The second-order valence-electron chi connectivity index (χ2n) is 7.10. The van der Waals surface area contributed by atoms with E-state index in [0.717, 1.165) is 48.6 Å². The van der Waals surface area contributed by atoms with Crippen LogP contribution < -0.4 is 10.2 Å². The van der Waals surface area contributed by atoms with Crippen LogP contribution in [0.5, 0.6) is 0 Å². The highest BCUT2D eigenvalue weighted by Crippen LogP contribution is 2.26. The zero-order valence-electron chi connectivity index (χ0n) is 15.9. The van der Waals surface area contributed by atoms with Crippen LogP contribution in [0.25, 0.3) is 0 Å². The lowest BCUT2D eigenvalue weighted by molar-refractivity contribution is 0.722. The predicted octanol–water partition coefficient (Wildman–Crippen LogP) is 4.73. The van der Waals surface area contributed by atoms with E-state index in [2.05, 4.69) is 36.2 Å². The Bertz CT molecular complexity index is 809. The van der Waals surface area contributed by atoms with E-state index in [4.69, 9.17) is 9.97 Å². The first kappa shape index (κ1) is 18.2. The first-order valence-corrected chi connectivity index (χ1v) is 9.53. The van der Waals surface area contributed by atoms with Gasteiger partial charge < -0.3 is 10.2 Å². The zero-order chi connectivity index (χ0) is 18.5. The zero-order valence-corrected chi connectivity index (χ0v) is 15.9. The maximum atomic E-state index is 9.25. The summed E-state index contributed by atoms with van der Waals surface area (Å²) in [5.74, 6) is 1.62. The lowest BCUT2D eigenvalue weighted by Crippen LogP contribution is -2.27. The number of benzene rings is 1. The van der Waals surface area contributed by atoms with Crippen LogP contribution in [0.4, 0.5) is 17.5 Å². The SMILES string of the molecule is CCCCc1cc(N2CCCC2C)nc(Nc2ccc(C)c(C#N)c2)n1. The molecule has 1 fully saturated rings. The van der Waals surface area contributed by atoms with Gasteiger partial charge in [0.1, 0.15) is 5.82 Å². The van der Waals surface area contributed by atoms with Gasteiger partial charge in [-0.3, -0.25) is 0 Å². The van der Waals surface area contributed by atoms with Crippen LogP contribution in [-0.4, -0.2) is 22.6 Å². The molecule has 136 valence electrons. The number of unbranched alkanes of at least 4 members (excludes halogenated alkanes) is 1. The minimum absolute atomic E-state index is 0.515. The number of nitrogens with one attached hydrogen (secondary N) is 1.